The number of aromatic nitrogens is 4. The highest BCUT2D eigenvalue weighted by atomic mass is 19.4. The summed E-state index contributed by atoms with van der Waals surface area (Å²) < 4.78 is 41.0. The molecule has 1 aromatic carbocycles. The second-order valence-corrected chi connectivity index (χ2v) is 8.07. The van der Waals surface area contributed by atoms with Crippen molar-refractivity contribution in [2.75, 3.05) is 17.7 Å². The molecule has 0 spiro atoms. The largest absolute Gasteiger partial charge is 0.408 e. The fourth-order valence-electron chi connectivity index (χ4n) is 4.03. The molecule has 0 saturated heterocycles. The molecule has 1 aliphatic carbocycles. The van der Waals surface area contributed by atoms with Crippen LogP contribution in [-0.4, -0.2) is 45.1 Å². The first-order valence-corrected chi connectivity index (χ1v) is 10.3. The molecule has 0 aliphatic heterocycles. The van der Waals surface area contributed by atoms with E-state index in [0.717, 1.165) is 11.1 Å². The van der Waals surface area contributed by atoms with E-state index in [1.165, 1.54) is 6.20 Å². The molecule has 5 N–H and O–H groups in total. The molecule has 3 heterocycles. The maximum atomic E-state index is 13.7. The predicted molar refractivity (Wildman–Crippen MR) is 119 cm³/mol. The Kier molecular flexibility index (Phi) is 4.84. The van der Waals surface area contributed by atoms with Gasteiger partial charge in [0.05, 0.1) is 16.5 Å². The number of H-pyrrole nitrogens is 1. The fraction of sp³-hybridized carbons (Fsp3) is 0.273. The van der Waals surface area contributed by atoms with E-state index in [4.69, 9.17) is 5.73 Å². The van der Waals surface area contributed by atoms with Crippen LogP contribution in [0.5, 0.6) is 0 Å². The highest BCUT2D eigenvalue weighted by Crippen LogP contribution is 2.43. The summed E-state index contributed by atoms with van der Waals surface area (Å²) >= 11 is 0. The molecule has 0 bridgehead atoms. The van der Waals surface area contributed by atoms with Gasteiger partial charge in [0.1, 0.15) is 11.9 Å². The van der Waals surface area contributed by atoms with Crippen LogP contribution >= 0.6 is 0 Å². The molecule has 170 valence electrons. The lowest BCUT2D eigenvalue weighted by Crippen LogP contribution is -2.38. The number of nitrogens with zero attached hydrogens (tertiary/aromatic N) is 3. The zero-order valence-corrected chi connectivity index (χ0v) is 17.5. The van der Waals surface area contributed by atoms with E-state index in [1.54, 1.807) is 25.5 Å². The van der Waals surface area contributed by atoms with Crippen LogP contribution in [0.3, 0.4) is 0 Å². The van der Waals surface area contributed by atoms with Crippen molar-refractivity contribution in [2.45, 2.75) is 25.1 Å². The van der Waals surface area contributed by atoms with Gasteiger partial charge >= 0.3 is 6.18 Å². The number of halogens is 3. The first kappa shape index (κ1) is 21.0. The minimum atomic E-state index is -4.42. The summed E-state index contributed by atoms with van der Waals surface area (Å²) in [4.78, 5) is 27.7. The highest BCUT2D eigenvalue weighted by Gasteiger charge is 2.49. The number of anilines is 2. The molecule has 1 fully saturated rings. The average molecular weight is 455 g/mol. The summed E-state index contributed by atoms with van der Waals surface area (Å²) in [5.74, 6) is -0.676. The summed E-state index contributed by atoms with van der Waals surface area (Å²) in [6.45, 7) is 0. The van der Waals surface area contributed by atoms with Gasteiger partial charge in [-0.25, -0.2) is 15.0 Å². The second kappa shape index (κ2) is 7.61. The van der Waals surface area contributed by atoms with E-state index < -0.39 is 24.0 Å². The van der Waals surface area contributed by atoms with Crippen molar-refractivity contribution in [3.63, 3.8) is 0 Å². The predicted octanol–water partition coefficient (Wildman–Crippen LogP) is 4.07. The number of carbonyl (C=O) groups is 1. The van der Waals surface area contributed by atoms with Crippen LogP contribution in [-0.2, 0) is 0 Å². The third-order valence-electron chi connectivity index (χ3n) is 5.84. The van der Waals surface area contributed by atoms with Gasteiger partial charge in [0.2, 0.25) is 5.95 Å². The molecule has 4 aromatic rings. The Morgan fingerprint density at radius 1 is 1.15 bits per heavy atom. The Hall–Kier alpha value is -3.89. The van der Waals surface area contributed by atoms with Gasteiger partial charge in [0.15, 0.2) is 0 Å². The van der Waals surface area contributed by atoms with Crippen LogP contribution in [0.25, 0.3) is 32.9 Å². The minimum Gasteiger partial charge on any atom is -0.365 e. The van der Waals surface area contributed by atoms with Gasteiger partial charge in [-0.05, 0) is 30.4 Å². The van der Waals surface area contributed by atoms with Crippen molar-refractivity contribution in [3.8, 4) is 11.1 Å². The van der Waals surface area contributed by atoms with Crippen LogP contribution in [0.4, 0.5) is 24.9 Å². The quantitative estimate of drug-likeness (QED) is 0.348. The standard InChI is InChI=1S/C22H20F3N7O/c1-27-21-29-7-12(8-30-21)11-4-5-13-15(6-11)31-17-14(19(26)33)9-28-20(16(13)17)32-18(10-2-3-10)22(23,24)25/h4-10,18,31H,2-3H2,1H3,(H2,26,33)(H,28,32)(H,27,29,30)/t18-/m1/s1. The van der Waals surface area contributed by atoms with Crippen molar-refractivity contribution < 1.29 is 18.0 Å². The Balaban J connectivity index is 1.65. The van der Waals surface area contributed by atoms with Gasteiger partial charge in [0, 0.05) is 42.1 Å². The number of nitrogens with two attached hydrogens (primary N) is 1. The number of hydrogen-bond acceptors (Lipinski definition) is 6. The van der Waals surface area contributed by atoms with E-state index >= 15 is 0 Å². The van der Waals surface area contributed by atoms with Gasteiger partial charge < -0.3 is 21.4 Å². The van der Waals surface area contributed by atoms with Crippen LogP contribution in [0.2, 0.25) is 0 Å². The van der Waals surface area contributed by atoms with Crippen LogP contribution in [0.15, 0.2) is 36.8 Å². The lowest BCUT2D eigenvalue weighted by atomic mass is 10.1. The number of fused-ring (bicyclic) bond motifs is 3. The van der Waals surface area contributed by atoms with Crippen molar-refractivity contribution in [1.29, 1.82) is 0 Å². The Labute approximate surface area is 185 Å². The Bertz CT molecular complexity index is 1360. The van der Waals surface area contributed by atoms with Crippen molar-refractivity contribution in [3.05, 3.63) is 42.4 Å². The number of hydrogen-bond donors (Lipinski definition) is 4. The number of carbonyl (C=O) groups excluding carboxylic acids is 1. The minimum absolute atomic E-state index is 0.0601. The number of aromatic amines is 1. The summed E-state index contributed by atoms with van der Waals surface area (Å²) in [5.41, 5.74) is 8.12. The number of alkyl halides is 3. The number of primary amides is 1. The summed E-state index contributed by atoms with van der Waals surface area (Å²) in [6.07, 6.45) is 1.12. The van der Waals surface area contributed by atoms with Gasteiger partial charge in [-0.1, -0.05) is 12.1 Å². The van der Waals surface area contributed by atoms with E-state index in [2.05, 4.69) is 30.6 Å². The normalized spacial score (nSPS) is 15.0. The van der Waals surface area contributed by atoms with E-state index in [1.807, 2.05) is 12.1 Å². The monoisotopic (exact) mass is 455 g/mol. The number of rotatable bonds is 6. The second-order valence-electron chi connectivity index (χ2n) is 8.07. The van der Waals surface area contributed by atoms with Crippen molar-refractivity contribution in [1.82, 2.24) is 19.9 Å². The third-order valence-corrected chi connectivity index (χ3v) is 5.84. The molecule has 0 radical (unpaired) electrons. The lowest BCUT2D eigenvalue weighted by Gasteiger charge is -2.22. The molecule has 1 aliphatic rings. The molecule has 11 heteroatoms. The number of benzene rings is 1. The number of amides is 1. The molecular formula is C22H20F3N7O. The van der Waals surface area contributed by atoms with Crippen LogP contribution in [0, 0.1) is 5.92 Å². The number of pyridine rings is 1. The summed E-state index contributed by atoms with van der Waals surface area (Å²) in [5, 5.41) is 6.46. The van der Waals surface area contributed by atoms with Gasteiger partial charge in [-0.3, -0.25) is 4.79 Å². The Morgan fingerprint density at radius 3 is 2.48 bits per heavy atom. The molecule has 3 aromatic heterocycles. The fourth-order valence-corrected chi connectivity index (χ4v) is 4.03. The Morgan fingerprint density at radius 2 is 1.88 bits per heavy atom. The van der Waals surface area contributed by atoms with E-state index in [0.29, 0.717) is 40.6 Å². The zero-order valence-electron chi connectivity index (χ0n) is 17.5. The molecule has 33 heavy (non-hydrogen) atoms. The molecule has 1 saturated carbocycles. The smallest absolute Gasteiger partial charge is 0.365 e. The van der Waals surface area contributed by atoms with Crippen LogP contribution in [0.1, 0.15) is 23.2 Å². The van der Waals surface area contributed by atoms with E-state index in [-0.39, 0.29) is 11.4 Å². The first-order chi connectivity index (χ1) is 15.8. The molecular weight excluding hydrogens is 435 g/mol. The lowest BCUT2D eigenvalue weighted by molar-refractivity contribution is -0.146. The highest BCUT2D eigenvalue weighted by molar-refractivity contribution is 6.18. The van der Waals surface area contributed by atoms with Gasteiger partial charge in [0.25, 0.3) is 5.91 Å². The van der Waals surface area contributed by atoms with Crippen LogP contribution < -0.4 is 16.4 Å². The third kappa shape index (κ3) is 3.79. The van der Waals surface area contributed by atoms with Gasteiger partial charge in [-0.2, -0.15) is 13.2 Å². The van der Waals surface area contributed by atoms with E-state index in [9.17, 15) is 18.0 Å². The SMILES string of the molecule is CNc1ncc(-c2ccc3c(c2)[nH]c2c(C(N)=O)cnc(N[C@H](C4CC4)C(F)(F)F)c23)cn1. The van der Waals surface area contributed by atoms with Crippen molar-refractivity contribution >= 4 is 39.5 Å². The maximum Gasteiger partial charge on any atom is 0.408 e. The topological polar surface area (TPSA) is 122 Å². The molecule has 1 amide bonds. The molecule has 0 unspecified atom stereocenters. The maximum absolute atomic E-state index is 13.7. The van der Waals surface area contributed by atoms with Crippen molar-refractivity contribution in [2.24, 2.45) is 11.7 Å². The molecule has 1 atom stereocenters. The average Bonchev–Trinajstić information content (AvgIpc) is 3.55. The summed E-state index contributed by atoms with van der Waals surface area (Å²) in [6, 6.07) is 3.70. The summed E-state index contributed by atoms with van der Waals surface area (Å²) in [7, 11) is 1.72. The zero-order chi connectivity index (χ0) is 23.3. The number of nitrogens with one attached hydrogen (secondary N) is 3. The molecule has 5 rings (SSSR count). The van der Waals surface area contributed by atoms with Gasteiger partial charge in [-0.15, -0.1) is 0 Å². The first-order valence-electron chi connectivity index (χ1n) is 10.3. The molecule has 8 nitrogen and oxygen atoms in total.